The third kappa shape index (κ3) is 4.58. The van der Waals surface area contributed by atoms with Gasteiger partial charge in [0.05, 0.1) is 0 Å². The van der Waals surface area contributed by atoms with Crippen LogP contribution in [0.5, 0.6) is 0 Å². The van der Waals surface area contributed by atoms with Gasteiger partial charge in [-0.1, -0.05) is 37.3 Å². The number of rotatable bonds is 7. The Hall–Kier alpha value is -1.15. The quantitative estimate of drug-likeness (QED) is 0.766. The molecule has 0 radical (unpaired) electrons. The standard InChI is InChI=1S/C14H21NO/c1-12(10-11-15)14(16)9-5-8-13-6-3-2-4-7-13/h2-4,6-7,12H,5,8-11,15H2,1H3. The lowest BCUT2D eigenvalue weighted by atomic mass is 9.97. The molecule has 1 unspecified atom stereocenters. The molecule has 0 bridgehead atoms. The lowest BCUT2D eigenvalue weighted by molar-refractivity contribution is -0.122. The number of benzene rings is 1. The number of Topliss-reactive ketones (excluding diaryl/α,β-unsaturated/α-hetero) is 1. The molecule has 0 saturated heterocycles. The molecule has 2 heteroatoms. The number of hydrogen-bond donors (Lipinski definition) is 1. The largest absolute Gasteiger partial charge is 0.330 e. The van der Waals surface area contributed by atoms with Crippen molar-refractivity contribution in [2.24, 2.45) is 11.7 Å². The van der Waals surface area contributed by atoms with Crippen LogP contribution in [-0.2, 0) is 11.2 Å². The highest BCUT2D eigenvalue weighted by molar-refractivity contribution is 5.80. The molecule has 2 nitrogen and oxygen atoms in total. The third-order valence-corrected chi connectivity index (χ3v) is 2.88. The maximum atomic E-state index is 11.7. The Kier molecular flexibility index (Phi) is 5.79. The average molecular weight is 219 g/mol. The summed E-state index contributed by atoms with van der Waals surface area (Å²) in [6, 6.07) is 10.3. The number of hydrogen-bond acceptors (Lipinski definition) is 2. The van der Waals surface area contributed by atoms with Gasteiger partial charge in [-0.05, 0) is 31.4 Å². The summed E-state index contributed by atoms with van der Waals surface area (Å²) in [5.74, 6) is 0.474. The van der Waals surface area contributed by atoms with E-state index >= 15 is 0 Å². The minimum atomic E-state index is 0.126. The SMILES string of the molecule is CC(CCN)C(=O)CCCc1ccccc1. The Morgan fingerprint density at radius 3 is 2.62 bits per heavy atom. The molecule has 0 spiro atoms. The molecule has 16 heavy (non-hydrogen) atoms. The first-order chi connectivity index (χ1) is 7.74. The zero-order chi connectivity index (χ0) is 11.8. The van der Waals surface area contributed by atoms with Crippen molar-refractivity contribution >= 4 is 5.78 Å². The Morgan fingerprint density at radius 1 is 1.31 bits per heavy atom. The molecule has 0 amide bonds. The molecule has 1 rings (SSSR count). The summed E-state index contributed by atoms with van der Waals surface area (Å²) < 4.78 is 0. The Balaban J connectivity index is 2.23. The third-order valence-electron chi connectivity index (χ3n) is 2.88. The molecular formula is C14H21NO. The lowest BCUT2D eigenvalue weighted by Gasteiger charge is -2.08. The van der Waals surface area contributed by atoms with Crippen LogP contribution < -0.4 is 5.73 Å². The molecule has 88 valence electrons. The van der Waals surface area contributed by atoms with Gasteiger partial charge in [-0.15, -0.1) is 0 Å². The van der Waals surface area contributed by atoms with E-state index in [1.807, 2.05) is 25.1 Å². The van der Waals surface area contributed by atoms with E-state index in [0.717, 1.165) is 19.3 Å². The Morgan fingerprint density at radius 2 is 2.00 bits per heavy atom. The summed E-state index contributed by atoms with van der Waals surface area (Å²) in [6.45, 7) is 2.57. The van der Waals surface area contributed by atoms with E-state index in [1.165, 1.54) is 5.56 Å². The van der Waals surface area contributed by atoms with Crippen LogP contribution in [0.15, 0.2) is 30.3 Å². The zero-order valence-corrected chi connectivity index (χ0v) is 9.99. The predicted octanol–water partition coefficient (Wildman–Crippen LogP) is 2.56. The van der Waals surface area contributed by atoms with Crippen LogP contribution in [0.3, 0.4) is 0 Å². The number of aryl methyl sites for hydroxylation is 1. The van der Waals surface area contributed by atoms with Gasteiger partial charge in [0.25, 0.3) is 0 Å². The van der Waals surface area contributed by atoms with E-state index < -0.39 is 0 Å². The maximum absolute atomic E-state index is 11.7. The molecule has 0 heterocycles. The highest BCUT2D eigenvalue weighted by atomic mass is 16.1. The zero-order valence-electron chi connectivity index (χ0n) is 9.99. The average Bonchev–Trinajstić information content (AvgIpc) is 2.30. The molecule has 0 aliphatic carbocycles. The molecule has 0 aliphatic rings. The molecule has 2 N–H and O–H groups in total. The normalized spacial score (nSPS) is 12.4. The second-order valence-electron chi connectivity index (χ2n) is 4.28. The molecule has 0 aromatic heterocycles. The number of carbonyl (C=O) groups is 1. The predicted molar refractivity (Wildman–Crippen MR) is 67.2 cm³/mol. The van der Waals surface area contributed by atoms with Crippen LogP contribution in [0.2, 0.25) is 0 Å². The first kappa shape index (κ1) is 12.9. The van der Waals surface area contributed by atoms with Crippen molar-refractivity contribution < 1.29 is 4.79 Å². The summed E-state index contributed by atoms with van der Waals surface area (Å²) >= 11 is 0. The van der Waals surface area contributed by atoms with Gasteiger partial charge in [-0.25, -0.2) is 0 Å². The molecule has 1 aromatic rings. The fourth-order valence-electron chi connectivity index (χ4n) is 1.77. The van der Waals surface area contributed by atoms with Crippen LogP contribution in [0.1, 0.15) is 31.7 Å². The van der Waals surface area contributed by atoms with Crippen molar-refractivity contribution in [3.8, 4) is 0 Å². The summed E-state index contributed by atoms with van der Waals surface area (Å²) in [5, 5.41) is 0. The molecule has 1 atom stereocenters. The monoisotopic (exact) mass is 219 g/mol. The van der Waals surface area contributed by atoms with E-state index in [-0.39, 0.29) is 5.92 Å². The van der Waals surface area contributed by atoms with Crippen LogP contribution in [0, 0.1) is 5.92 Å². The van der Waals surface area contributed by atoms with Crippen LogP contribution in [-0.4, -0.2) is 12.3 Å². The molecule has 1 aromatic carbocycles. The van der Waals surface area contributed by atoms with Gasteiger partial charge >= 0.3 is 0 Å². The Labute approximate surface area is 97.9 Å². The van der Waals surface area contributed by atoms with E-state index in [1.54, 1.807) is 0 Å². The number of nitrogens with two attached hydrogens (primary N) is 1. The van der Waals surface area contributed by atoms with Crippen molar-refractivity contribution in [2.45, 2.75) is 32.6 Å². The number of carbonyl (C=O) groups excluding carboxylic acids is 1. The van der Waals surface area contributed by atoms with Gasteiger partial charge in [0.15, 0.2) is 0 Å². The van der Waals surface area contributed by atoms with Crippen molar-refractivity contribution in [3.05, 3.63) is 35.9 Å². The molecular weight excluding hydrogens is 198 g/mol. The highest BCUT2D eigenvalue weighted by Gasteiger charge is 2.10. The van der Waals surface area contributed by atoms with Gasteiger partial charge in [0.1, 0.15) is 5.78 Å². The van der Waals surface area contributed by atoms with Gasteiger partial charge in [0, 0.05) is 12.3 Å². The fraction of sp³-hybridized carbons (Fsp3) is 0.500. The van der Waals surface area contributed by atoms with E-state index in [2.05, 4.69) is 12.1 Å². The van der Waals surface area contributed by atoms with Crippen LogP contribution in [0.4, 0.5) is 0 Å². The van der Waals surface area contributed by atoms with Crippen LogP contribution >= 0.6 is 0 Å². The van der Waals surface area contributed by atoms with E-state index in [9.17, 15) is 4.79 Å². The lowest BCUT2D eigenvalue weighted by Crippen LogP contribution is -2.15. The maximum Gasteiger partial charge on any atom is 0.135 e. The second-order valence-corrected chi connectivity index (χ2v) is 4.28. The van der Waals surface area contributed by atoms with Crippen LogP contribution in [0.25, 0.3) is 0 Å². The minimum Gasteiger partial charge on any atom is -0.330 e. The highest BCUT2D eigenvalue weighted by Crippen LogP contribution is 2.10. The number of ketones is 1. The summed E-state index contributed by atoms with van der Waals surface area (Å²) in [7, 11) is 0. The van der Waals surface area contributed by atoms with Gasteiger partial charge in [0.2, 0.25) is 0 Å². The fourth-order valence-corrected chi connectivity index (χ4v) is 1.77. The van der Waals surface area contributed by atoms with Gasteiger partial charge in [-0.2, -0.15) is 0 Å². The van der Waals surface area contributed by atoms with Gasteiger partial charge in [-0.3, -0.25) is 4.79 Å². The summed E-state index contributed by atoms with van der Waals surface area (Å²) in [6.07, 6.45) is 3.42. The molecule has 0 aliphatic heterocycles. The topological polar surface area (TPSA) is 43.1 Å². The molecule has 0 saturated carbocycles. The summed E-state index contributed by atoms with van der Waals surface area (Å²) in [4.78, 5) is 11.7. The van der Waals surface area contributed by atoms with Crippen molar-refractivity contribution in [1.29, 1.82) is 0 Å². The van der Waals surface area contributed by atoms with Crippen molar-refractivity contribution in [1.82, 2.24) is 0 Å². The first-order valence-electron chi connectivity index (χ1n) is 6.00. The smallest absolute Gasteiger partial charge is 0.135 e. The first-order valence-corrected chi connectivity index (χ1v) is 6.00. The van der Waals surface area contributed by atoms with Crippen molar-refractivity contribution in [3.63, 3.8) is 0 Å². The van der Waals surface area contributed by atoms with E-state index in [0.29, 0.717) is 18.7 Å². The Bertz CT molecular complexity index is 308. The summed E-state index contributed by atoms with van der Waals surface area (Å²) in [5.41, 5.74) is 6.74. The molecule has 0 fully saturated rings. The second kappa shape index (κ2) is 7.18. The minimum absolute atomic E-state index is 0.126. The van der Waals surface area contributed by atoms with Gasteiger partial charge < -0.3 is 5.73 Å². The van der Waals surface area contributed by atoms with Crippen molar-refractivity contribution in [2.75, 3.05) is 6.54 Å². The van der Waals surface area contributed by atoms with E-state index in [4.69, 9.17) is 5.73 Å².